The van der Waals surface area contributed by atoms with Crippen LogP contribution >= 0.6 is 7.82 Å². The van der Waals surface area contributed by atoms with Gasteiger partial charge in [-0.25, -0.2) is 4.57 Å². The predicted molar refractivity (Wildman–Crippen MR) is 298 cm³/mol. The van der Waals surface area contributed by atoms with Gasteiger partial charge in [0.25, 0.3) is 0 Å². The first-order valence-electron chi connectivity index (χ1n) is 30.2. The van der Waals surface area contributed by atoms with Gasteiger partial charge in [0, 0.05) is 19.3 Å². The van der Waals surface area contributed by atoms with Crippen molar-refractivity contribution in [1.29, 1.82) is 0 Å². The zero-order valence-corrected chi connectivity index (χ0v) is 47.8. The number of esters is 3. The first-order valence-corrected chi connectivity index (χ1v) is 31.7. The molecule has 0 aromatic rings. The van der Waals surface area contributed by atoms with E-state index in [1.807, 2.05) is 0 Å². The van der Waals surface area contributed by atoms with E-state index in [4.69, 9.17) is 23.3 Å². The van der Waals surface area contributed by atoms with Gasteiger partial charge in [-0.3, -0.25) is 23.4 Å². The summed E-state index contributed by atoms with van der Waals surface area (Å²) in [5, 5.41) is 9.81. The number of aliphatic hydroxyl groups excluding tert-OH is 1. The number of rotatable bonds is 57. The van der Waals surface area contributed by atoms with E-state index < -0.39 is 57.8 Å². The Morgan fingerprint density at radius 2 is 0.681 bits per heavy atom. The van der Waals surface area contributed by atoms with Crippen molar-refractivity contribution in [2.45, 2.75) is 315 Å². The van der Waals surface area contributed by atoms with E-state index in [2.05, 4.69) is 45.1 Å². The molecule has 2 N–H and O–H groups in total. The second-order valence-electron chi connectivity index (χ2n) is 20.5. The molecular weight excluding hydrogens is 928 g/mol. The van der Waals surface area contributed by atoms with Crippen molar-refractivity contribution in [3.05, 3.63) is 24.3 Å². The van der Waals surface area contributed by atoms with E-state index in [0.717, 1.165) is 70.6 Å². The molecule has 0 saturated carbocycles. The minimum Gasteiger partial charge on any atom is -0.462 e. The molecule has 0 aliphatic rings. The van der Waals surface area contributed by atoms with Crippen LogP contribution in [0.4, 0.5) is 0 Å². The van der Waals surface area contributed by atoms with Gasteiger partial charge >= 0.3 is 25.7 Å². The summed E-state index contributed by atoms with van der Waals surface area (Å²) in [5.74, 6) is -1.44. The molecule has 0 aromatic carbocycles. The van der Waals surface area contributed by atoms with E-state index >= 15 is 0 Å². The molecule has 72 heavy (non-hydrogen) atoms. The van der Waals surface area contributed by atoms with Gasteiger partial charge in [-0.05, 0) is 51.4 Å². The number of hydrogen-bond donors (Lipinski definition) is 2. The Hall–Kier alpha value is -2.04. The lowest BCUT2D eigenvalue weighted by Gasteiger charge is -2.21. The van der Waals surface area contributed by atoms with E-state index in [1.165, 1.54) is 173 Å². The lowest BCUT2D eigenvalue weighted by atomic mass is 10.0. The Labute approximate surface area is 442 Å². The standard InChI is InChI=1S/C60H113O11P/c1-4-7-10-13-16-19-22-25-26-27-28-29-30-33-34-37-40-43-46-49-58(62)67-53-57(71-60(64)51-48-45-42-39-36-32-24-21-18-15-12-9-6-3)55-69-72(65,66)68-54-56(52-61)70-59(63)50-47-44-41-38-35-31-23-20-17-14-11-8-5-2/h16,19,25-26,56-57,61H,4-15,17-18,20-24,27-55H2,1-3H3,(H,65,66)/b19-16-,26-25-. The van der Waals surface area contributed by atoms with Crippen molar-refractivity contribution in [3.63, 3.8) is 0 Å². The van der Waals surface area contributed by atoms with Crippen LogP contribution in [-0.4, -0.2) is 66.5 Å². The zero-order chi connectivity index (χ0) is 52.7. The first-order chi connectivity index (χ1) is 35.2. The Kier molecular flexibility index (Phi) is 53.6. The molecule has 3 atom stereocenters. The Morgan fingerprint density at radius 1 is 0.389 bits per heavy atom. The van der Waals surface area contributed by atoms with Gasteiger partial charge in [0.2, 0.25) is 0 Å². The summed E-state index contributed by atoms with van der Waals surface area (Å²) < 4.78 is 39.6. The van der Waals surface area contributed by atoms with Crippen LogP contribution < -0.4 is 0 Å². The molecule has 0 heterocycles. The molecule has 0 fully saturated rings. The van der Waals surface area contributed by atoms with Gasteiger partial charge in [0.05, 0.1) is 19.8 Å². The minimum absolute atomic E-state index is 0.174. The normalized spacial score (nSPS) is 13.5. The fourth-order valence-electron chi connectivity index (χ4n) is 8.74. The summed E-state index contributed by atoms with van der Waals surface area (Å²) in [6.07, 6.45) is 55.6. The number of phosphoric acid groups is 1. The van der Waals surface area contributed by atoms with Crippen molar-refractivity contribution in [1.82, 2.24) is 0 Å². The molecule has 0 rings (SSSR count). The van der Waals surface area contributed by atoms with Crippen LogP contribution in [0.3, 0.4) is 0 Å². The van der Waals surface area contributed by atoms with Crippen molar-refractivity contribution < 1.29 is 52.2 Å². The number of aliphatic hydroxyl groups is 1. The molecule has 0 aliphatic carbocycles. The molecule has 0 saturated heterocycles. The largest absolute Gasteiger partial charge is 0.472 e. The van der Waals surface area contributed by atoms with Crippen molar-refractivity contribution in [2.75, 3.05) is 26.4 Å². The predicted octanol–water partition coefficient (Wildman–Crippen LogP) is 17.8. The highest BCUT2D eigenvalue weighted by Crippen LogP contribution is 2.43. The molecular formula is C60H113O11P. The Bertz CT molecular complexity index is 1310. The highest BCUT2D eigenvalue weighted by molar-refractivity contribution is 7.47. The molecule has 0 aliphatic heterocycles. The van der Waals surface area contributed by atoms with Gasteiger partial charge < -0.3 is 24.2 Å². The average molecular weight is 1040 g/mol. The van der Waals surface area contributed by atoms with Crippen molar-refractivity contribution in [2.24, 2.45) is 0 Å². The van der Waals surface area contributed by atoms with Crippen LogP contribution in [0.25, 0.3) is 0 Å². The van der Waals surface area contributed by atoms with Crippen LogP contribution in [0.1, 0.15) is 303 Å². The Balaban J connectivity index is 4.65. The average Bonchev–Trinajstić information content (AvgIpc) is 3.37. The Morgan fingerprint density at radius 3 is 1.06 bits per heavy atom. The third-order valence-electron chi connectivity index (χ3n) is 13.4. The smallest absolute Gasteiger partial charge is 0.462 e. The lowest BCUT2D eigenvalue weighted by molar-refractivity contribution is -0.161. The number of unbranched alkanes of at least 4 members (excludes halogenated alkanes) is 36. The molecule has 0 spiro atoms. The van der Waals surface area contributed by atoms with Crippen LogP contribution in [0.5, 0.6) is 0 Å². The summed E-state index contributed by atoms with van der Waals surface area (Å²) in [6, 6.07) is 0. The van der Waals surface area contributed by atoms with Crippen molar-refractivity contribution >= 4 is 25.7 Å². The van der Waals surface area contributed by atoms with Crippen molar-refractivity contribution in [3.8, 4) is 0 Å². The molecule has 0 radical (unpaired) electrons. The topological polar surface area (TPSA) is 155 Å². The summed E-state index contributed by atoms with van der Waals surface area (Å²) >= 11 is 0. The number of allylic oxidation sites excluding steroid dienone is 4. The third-order valence-corrected chi connectivity index (χ3v) is 14.3. The summed E-state index contributed by atoms with van der Waals surface area (Å²) in [4.78, 5) is 48.6. The zero-order valence-electron chi connectivity index (χ0n) is 46.9. The molecule has 424 valence electrons. The summed E-state index contributed by atoms with van der Waals surface area (Å²) in [7, 11) is -4.74. The monoisotopic (exact) mass is 1040 g/mol. The van der Waals surface area contributed by atoms with Crippen LogP contribution in [0.2, 0.25) is 0 Å². The highest BCUT2D eigenvalue weighted by Gasteiger charge is 2.28. The third kappa shape index (κ3) is 52.8. The number of carbonyl (C=O) groups excluding carboxylic acids is 3. The second-order valence-corrected chi connectivity index (χ2v) is 22.0. The van der Waals surface area contributed by atoms with Gasteiger partial charge in [-0.2, -0.15) is 0 Å². The number of hydrogen-bond acceptors (Lipinski definition) is 10. The minimum atomic E-state index is -4.74. The van der Waals surface area contributed by atoms with E-state index in [0.29, 0.717) is 19.3 Å². The van der Waals surface area contributed by atoms with Crippen LogP contribution in [0, 0.1) is 0 Å². The fraction of sp³-hybridized carbons (Fsp3) is 0.883. The molecule has 3 unspecified atom stereocenters. The maximum Gasteiger partial charge on any atom is 0.472 e. The number of carbonyl (C=O) groups is 3. The maximum absolute atomic E-state index is 12.9. The quantitative estimate of drug-likeness (QED) is 0.0197. The molecule has 0 aromatic heterocycles. The molecule has 11 nitrogen and oxygen atoms in total. The first kappa shape index (κ1) is 70.0. The van der Waals surface area contributed by atoms with Gasteiger partial charge in [-0.1, -0.05) is 257 Å². The fourth-order valence-corrected chi connectivity index (χ4v) is 9.53. The molecule has 0 bridgehead atoms. The van der Waals surface area contributed by atoms with Crippen LogP contribution in [-0.2, 0) is 42.2 Å². The lowest BCUT2D eigenvalue weighted by Crippen LogP contribution is -2.30. The summed E-state index contributed by atoms with van der Waals surface area (Å²) in [6.45, 7) is 4.67. The van der Waals surface area contributed by atoms with Gasteiger partial charge in [0.1, 0.15) is 12.7 Å². The maximum atomic E-state index is 12.9. The summed E-state index contributed by atoms with van der Waals surface area (Å²) in [5.41, 5.74) is 0. The van der Waals surface area contributed by atoms with E-state index in [9.17, 15) is 28.9 Å². The number of ether oxygens (including phenoxy) is 3. The highest BCUT2D eigenvalue weighted by atomic mass is 31.2. The molecule has 12 heteroatoms. The van der Waals surface area contributed by atoms with E-state index in [1.54, 1.807) is 0 Å². The van der Waals surface area contributed by atoms with E-state index in [-0.39, 0.29) is 25.9 Å². The van der Waals surface area contributed by atoms with Crippen LogP contribution in [0.15, 0.2) is 24.3 Å². The molecule has 0 amide bonds. The SMILES string of the molecule is CCCCC/C=C\C/C=C\CCCCCCCCCCCC(=O)OCC(COP(=O)(O)OCC(CO)OC(=O)CCCCCCCCCCCCCCC)OC(=O)CCCCCCCCCCCCCCC. The second kappa shape index (κ2) is 55.2. The number of phosphoric ester groups is 1. The van der Waals surface area contributed by atoms with Gasteiger partial charge in [0.15, 0.2) is 6.10 Å². The van der Waals surface area contributed by atoms with Gasteiger partial charge in [-0.15, -0.1) is 0 Å².